The van der Waals surface area contributed by atoms with Crippen molar-refractivity contribution in [2.24, 2.45) is 0 Å². The highest BCUT2D eigenvalue weighted by molar-refractivity contribution is 5.56. The summed E-state index contributed by atoms with van der Waals surface area (Å²) in [6.45, 7) is 3.35. The highest BCUT2D eigenvalue weighted by Gasteiger charge is 2.22. The molecule has 0 aromatic heterocycles. The number of benzene rings is 2. The van der Waals surface area contributed by atoms with E-state index in [2.05, 4.69) is 66.4 Å². The summed E-state index contributed by atoms with van der Waals surface area (Å²) in [5.74, 6) is 0. The summed E-state index contributed by atoms with van der Waals surface area (Å²) in [6, 6.07) is 20.2. The van der Waals surface area contributed by atoms with Crippen LogP contribution in [0.3, 0.4) is 0 Å². The van der Waals surface area contributed by atoms with Crippen LogP contribution in [0.25, 0.3) is 0 Å². The van der Waals surface area contributed by atoms with Gasteiger partial charge in [-0.1, -0.05) is 48.5 Å². The summed E-state index contributed by atoms with van der Waals surface area (Å²) >= 11 is 0. The Bertz CT molecular complexity index is 518. The zero-order valence-corrected chi connectivity index (χ0v) is 10.8. The van der Waals surface area contributed by atoms with Gasteiger partial charge in [-0.2, -0.15) is 0 Å². The molecule has 0 fully saturated rings. The molecule has 1 heteroatoms. The van der Waals surface area contributed by atoms with E-state index in [-0.39, 0.29) is 0 Å². The summed E-state index contributed by atoms with van der Waals surface area (Å²) < 4.78 is 0. The SMILES string of the molecule is C[C@H]1CCc2ccccc2N1Cc1ccccc1. The van der Waals surface area contributed by atoms with Gasteiger partial charge in [0.15, 0.2) is 0 Å². The molecule has 1 heterocycles. The van der Waals surface area contributed by atoms with Gasteiger partial charge in [0.1, 0.15) is 0 Å². The van der Waals surface area contributed by atoms with Crippen molar-refractivity contribution in [3.63, 3.8) is 0 Å². The quantitative estimate of drug-likeness (QED) is 0.762. The van der Waals surface area contributed by atoms with Crippen LogP contribution in [0.5, 0.6) is 0 Å². The maximum atomic E-state index is 2.54. The fraction of sp³-hybridized carbons (Fsp3) is 0.294. The van der Waals surface area contributed by atoms with E-state index in [4.69, 9.17) is 0 Å². The molecule has 3 rings (SSSR count). The monoisotopic (exact) mass is 237 g/mol. The van der Waals surface area contributed by atoms with Gasteiger partial charge in [-0.3, -0.25) is 0 Å². The molecule has 0 saturated carbocycles. The van der Waals surface area contributed by atoms with Gasteiger partial charge >= 0.3 is 0 Å². The molecule has 1 nitrogen and oxygen atoms in total. The van der Waals surface area contributed by atoms with Crippen molar-refractivity contribution in [2.75, 3.05) is 4.90 Å². The van der Waals surface area contributed by atoms with E-state index in [0.717, 1.165) is 6.54 Å². The molecule has 0 unspecified atom stereocenters. The molecule has 0 N–H and O–H groups in total. The fourth-order valence-electron chi connectivity index (χ4n) is 2.78. The van der Waals surface area contributed by atoms with Crippen molar-refractivity contribution in [3.8, 4) is 0 Å². The Hall–Kier alpha value is -1.76. The molecule has 2 aromatic carbocycles. The van der Waals surface area contributed by atoms with Crippen molar-refractivity contribution >= 4 is 5.69 Å². The van der Waals surface area contributed by atoms with Gasteiger partial charge in [0, 0.05) is 18.3 Å². The Morgan fingerprint density at radius 1 is 1.00 bits per heavy atom. The van der Waals surface area contributed by atoms with E-state index >= 15 is 0 Å². The van der Waals surface area contributed by atoms with Gasteiger partial charge in [0.2, 0.25) is 0 Å². The highest BCUT2D eigenvalue weighted by atomic mass is 15.2. The maximum absolute atomic E-state index is 2.54. The summed E-state index contributed by atoms with van der Waals surface area (Å²) in [5, 5.41) is 0. The van der Waals surface area contributed by atoms with Crippen LogP contribution in [0, 0.1) is 0 Å². The minimum absolute atomic E-state index is 0.625. The normalized spacial score (nSPS) is 18.5. The number of nitrogens with zero attached hydrogens (tertiary/aromatic N) is 1. The van der Waals surface area contributed by atoms with E-state index in [9.17, 15) is 0 Å². The maximum Gasteiger partial charge on any atom is 0.0432 e. The first-order chi connectivity index (χ1) is 8.84. The lowest BCUT2D eigenvalue weighted by molar-refractivity contribution is 0.560. The lowest BCUT2D eigenvalue weighted by atomic mass is 9.96. The number of fused-ring (bicyclic) bond motifs is 1. The first-order valence-electron chi connectivity index (χ1n) is 6.73. The first kappa shape index (κ1) is 11.3. The second kappa shape index (κ2) is 4.85. The fourth-order valence-corrected chi connectivity index (χ4v) is 2.78. The molecule has 1 atom stereocenters. The number of anilines is 1. The molecule has 2 aromatic rings. The Balaban J connectivity index is 1.91. The minimum atomic E-state index is 0.625. The third kappa shape index (κ3) is 2.13. The standard InChI is InChI=1S/C17H19N/c1-14-11-12-16-9-5-6-10-17(16)18(14)13-15-7-3-2-4-8-15/h2-10,14H,11-13H2,1H3/t14-/m0/s1. The van der Waals surface area contributed by atoms with Crippen molar-refractivity contribution in [2.45, 2.75) is 32.4 Å². The Morgan fingerprint density at radius 3 is 2.56 bits per heavy atom. The second-order valence-corrected chi connectivity index (χ2v) is 5.13. The predicted octanol–water partition coefficient (Wildman–Crippen LogP) is 4.03. The van der Waals surface area contributed by atoms with Crippen LogP contribution in [0.4, 0.5) is 5.69 Å². The van der Waals surface area contributed by atoms with Crippen LogP contribution in [-0.4, -0.2) is 6.04 Å². The Kier molecular flexibility index (Phi) is 3.06. The average Bonchev–Trinajstić information content (AvgIpc) is 2.43. The molecular formula is C17H19N. The van der Waals surface area contributed by atoms with Crippen LogP contribution in [-0.2, 0) is 13.0 Å². The van der Waals surface area contributed by atoms with Crippen molar-refractivity contribution in [1.29, 1.82) is 0 Å². The average molecular weight is 237 g/mol. The van der Waals surface area contributed by atoms with Crippen molar-refractivity contribution in [3.05, 3.63) is 65.7 Å². The van der Waals surface area contributed by atoms with Gasteiger partial charge in [-0.25, -0.2) is 0 Å². The zero-order chi connectivity index (χ0) is 12.4. The van der Waals surface area contributed by atoms with E-state index in [1.807, 2.05) is 0 Å². The molecular weight excluding hydrogens is 218 g/mol. The van der Waals surface area contributed by atoms with Crippen LogP contribution >= 0.6 is 0 Å². The molecule has 18 heavy (non-hydrogen) atoms. The molecule has 0 amide bonds. The van der Waals surface area contributed by atoms with Gasteiger partial charge < -0.3 is 4.90 Å². The van der Waals surface area contributed by atoms with Crippen molar-refractivity contribution < 1.29 is 0 Å². The number of rotatable bonds is 2. The number of hydrogen-bond donors (Lipinski definition) is 0. The third-order valence-corrected chi connectivity index (χ3v) is 3.86. The minimum Gasteiger partial charge on any atom is -0.364 e. The third-order valence-electron chi connectivity index (χ3n) is 3.86. The molecule has 0 aliphatic carbocycles. The molecule has 1 aliphatic heterocycles. The van der Waals surface area contributed by atoms with E-state index in [0.29, 0.717) is 6.04 Å². The van der Waals surface area contributed by atoms with E-state index < -0.39 is 0 Å². The zero-order valence-electron chi connectivity index (χ0n) is 10.8. The van der Waals surface area contributed by atoms with Gasteiger partial charge in [0.25, 0.3) is 0 Å². The summed E-state index contributed by atoms with van der Waals surface area (Å²) in [5.41, 5.74) is 4.30. The molecule has 0 spiro atoms. The summed E-state index contributed by atoms with van der Waals surface area (Å²) in [7, 11) is 0. The topological polar surface area (TPSA) is 3.24 Å². The van der Waals surface area contributed by atoms with E-state index in [1.54, 1.807) is 0 Å². The highest BCUT2D eigenvalue weighted by Crippen LogP contribution is 2.31. The summed E-state index contributed by atoms with van der Waals surface area (Å²) in [4.78, 5) is 2.54. The van der Waals surface area contributed by atoms with Gasteiger partial charge in [-0.05, 0) is 37.0 Å². The first-order valence-corrected chi connectivity index (χ1v) is 6.73. The predicted molar refractivity (Wildman–Crippen MR) is 76.9 cm³/mol. The lowest BCUT2D eigenvalue weighted by Crippen LogP contribution is -2.36. The van der Waals surface area contributed by atoms with Gasteiger partial charge in [0.05, 0.1) is 0 Å². The number of para-hydroxylation sites is 1. The Morgan fingerprint density at radius 2 is 1.72 bits per heavy atom. The second-order valence-electron chi connectivity index (χ2n) is 5.13. The van der Waals surface area contributed by atoms with Crippen LogP contribution in [0.2, 0.25) is 0 Å². The number of aryl methyl sites for hydroxylation is 1. The smallest absolute Gasteiger partial charge is 0.0432 e. The molecule has 0 bridgehead atoms. The largest absolute Gasteiger partial charge is 0.364 e. The van der Waals surface area contributed by atoms with E-state index in [1.165, 1.54) is 29.7 Å². The number of hydrogen-bond acceptors (Lipinski definition) is 1. The Labute approximate surface area is 109 Å². The van der Waals surface area contributed by atoms with Crippen LogP contribution in [0.1, 0.15) is 24.5 Å². The molecule has 0 radical (unpaired) electrons. The molecule has 1 aliphatic rings. The molecule has 92 valence electrons. The summed E-state index contributed by atoms with van der Waals surface area (Å²) in [6.07, 6.45) is 2.46. The molecule has 0 saturated heterocycles. The lowest BCUT2D eigenvalue weighted by Gasteiger charge is -2.37. The van der Waals surface area contributed by atoms with Gasteiger partial charge in [-0.15, -0.1) is 0 Å². The van der Waals surface area contributed by atoms with Crippen molar-refractivity contribution in [1.82, 2.24) is 0 Å². The van der Waals surface area contributed by atoms with Crippen LogP contribution in [0.15, 0.2) is 54.6 Å². The van der Waals surface area contributed by atoms with Crippen LogP contribution < -0.4 is 4.90 Å².